The number of primary amides is 1. The number of carbonyl (C=O) groups is 2. The van der Waals surface area contributed by atoms with Crippen molar-refractivity contribution in [3.63, 3.8) is 0 Å². The van der Waals surface area contributed by atoms with Crippen LogP contribution in [-0.2, 0) is 6.54 Å². The first-order chi connectivity index (χ1) is 16.1. The molecule has 7 heteroatoms. The molecular weight excluding hydrogens is 448 g/mol. The minimum absolute atomic E-state index is 0. The van der Waals surface area contributed by atoms with Crippen molar-refractivity contribution in [2.75, 3.05) is 18.4 Å². The first-order valence-electron chi connectivity index (χ1n) is 11.4. The molecular formula is C27H29ClN4O2. The van der Waals surface area contributed by atoms with Crippen LogP contribution in [-0.4, -0.2) is 40.9 Å². The van der Waals surface area contributed by atoms with E-state index in [1.165, 1.54) is 0 Å². The van der Waals surface area contributed by atoms with Crippen molar-refractivity contribution in [2.45, 2.75) is 31.5 Å². The van der Waals surface area contributed by atoms with Crippen molar-refractivity contribution in [3.05, 3.63) is 101 Å². The second-order valence-corrected chi connectivity index (χ2v) is 8.81. The van der Waals surface area contributed by atoms with E-state index in [2.05, 4.69) is 28.4 Å². The molecule has 3 N–H and O–H groups in total. The molecule has 3 aromatic carbocycles. The first kappa shape index (κ1) is 23.8. The molecule has 1 saturated heterocycles. The van der Waals surface area contributed by atoms with Crippen molar-refractivity contribution in [1.82, 2.24) is 9.80 Å². The Bertz CT molecular complexity index is 1160. The van der Waals surface area contributed by atoms with Gasteiger partial charge in [0.25, 0.3) is 0 Å². The Labute approximate surface area is 206 Å². The summed E-state index contributed by atoms with van der Waals surface area (Å²) in [5.74, 6) is -0.404. The van der Waals surface area contributed by atoms with E-state index >= 15 is 0 Å². The highest BCUT2D eigenvalue weighted by molar-refractivity contribution is 5.94. The van der Waals surface area contributed by atoms with Gasteiger partial charge in [0.05, 0.1) is 6.04 Å². The number of nitrogens with two attached hydrogens (primary N) is 1. The molecule has 1 fully saturated rings. The lowest BCUT2D eigenvalue weighted by molar-refractivity contribution is 0.1000. The molecule has 176 valence electrons. The Morgan fingerprint density at radius 3 is 2.38 bits per heavy atom. The summed E-state index contributed by atoms with van der Waals surface area (Å²) in [6, 6.07) is 25.9. The number of likely N-dealkylation sites (tertiary alicyclic amines) is 1. The van der Waals surface area contributed by atoms with Crippen LogP contribution in [0, 0.1) is 0 Å². The van der Waals surface area contributed by atoms with E-state index in [-0.39, 0.29) is 30.5 Å². The molecule has 0 aliphatic carbocycles. The number of nitrogens with one attached hydrogen (secondary N) is 1. The van der Waals surface area contributed by atoms with Crippen LogP contribution in [0.25, 0.3) is 0 Å². The minimum Gasteiger partial charge on any atom is -0.366 e. The quantitative estimate of drug-likeness (QED) is 0.554. The van der Waals surface area contributed by atoms with Crippen molar-refractivity contribution < 1.29 is 9.59 Å². The second-order valence-electron chi connectivity index (χ2n) is 8.81. The Kier molecular flexibility index (Phi) is 7.20. The Morgan fingerprint density at radius 2 is 1.65 bits per heavy atom. The zero-order valence-electron chi connectivity index (χ0n) is 18.9. The topological polar surface area (TPSA) is 78.7 Å². The summed E-state index contributed by atoms with van der Waals surface area (Å²) >= 11 is 0. The summed E-state index contributed by atoms with van der Waals surface area (Å²) in [5.41, 5.74) is 10.2. The number of para-hydroxylation sites is 1. The van der Waals surface area contributed by atoms with Gasteiger partial charge in [0.15, 0.2) is 0 Å². The molecule has 2 aliphatic heterocycles. The van der Waals surface area contributed by atoms with Crippen LogP contribution in [0.2, 0.25) is 0 Å². The lowest BCUT2D eigenvalue weighted by Crippen LogP contribution is -2.52. The van der Waals surface area contributed by atoms with Crippen LogP contribution >= 0.6 is 12.4 Å². The standard InChI is InChI=1S/C27H28N4O2.ClH/c28-26(32)21-10-6-7-19(17-21)18-30-15-13-22(14-16-30)31-25(20-8-2-1-3-9-20)23-11-4-5-12-24(23)29-27(31)33;/h1-12,17,22,25H,13-16,18H2,(H2,28,32)(H,29,33);1H. The zero-order chi connectivity index (χ0) is 22.8. The number of hydrogen-bond acceptors (Lipinski definition) is 3. The highest BCUT2D eigenvalue weighted by Gasteiger charge is 2.39. The fourth-order valence-electron chi connectivity index (χ4n) is 5.09. The number of anilines is 1. The number of amides is 3. The van der Waals surface area contributed by atoms with Gasteiger partial charge in [-0.3, -0.25) is 9.69 Å². The molecule has 0 bridgehead atoms. The molecule has 5 rings (SSSR count). The Morgan fingerprint density at radius 1 is 0.941 bits per heavy atom. The number of benzene rings is 3. The number of urea groups is 1. The van der Waals surface area contributed by atoms with Crippen molar-refractivity contribution in [3.8, 4) is 0 Å². The van der Waals surface area contributed by atoms with Gasteiger partial charge in [-0.25, -0.2) is 4.79 Å². The number of nitrogens with zero attached hydrogens (tertiary/aromatic N) is 2. The van der Waals surface area contributed by atoms with Crippen LogP contribution in [0.5, 0.6) is 0 Å². The predicted octanol–water partition coefficient (Wildman–Crippen LogP) is 4.81. The highest BCUT2D eigenvalue weighted by Crippen LogP contribution is 2.40. The van der Waals surface area contributed by atoms with Crippen molar-refractivity contribution in [1.29, 1.82) is 0 Å². The van der Waals surface area contributed by atoms with Crippen LogP contribution in [0.4, 0.5) is 10.5 Å². The van der Waals surface area contributed by atoms with Gasteiger partial charge < -0.3 is 16.0 Å². The van der Waals surface area contributed by atoms with Crippen molar-refractivity contribution in [2.24, 2.45) is 5.73 Å². The van der Waals surface area contributed by atoms with Crippen molar-refractivity contribution >= 4 is 30.0 Å². The summed E-state index contributed by atoms with van der Waals surface area (Å²) in [6.07, 6.45) is 1.79. The van der Waals surface area contributed by atoms with Gasteiger partial charge in [-0.1, -0.05) is 60.7 Å². The van der Waals surface area contributed by atoms with Gasteiger partial charge in [0, 0.05) is 42.5 Å². The molecule has 0 spiro atoms. The summed E-state index contributed by atoms with van der Waals surface area (Å²) in [6.45, 7) is 2.54. The summed E-state index contributed by atoms with van der Waals surface area (Å²) in [7, 11) is 0. The third-order valence-electron chi connectivity index (χ3n) is 6.69. The third kappa shape index (κ3) is 4.79. The van der Waals surface area contributed by atoms with E-state index in [4.69, 9.17) is 5.73 Å². The lowest BCUT2D eigenvalue weighted by atomic mass is 9.90. The summed E-state index contributed by atoms with van der Waals surface area (Å²) in [5, 5.41) is 3.10. The van der Waals surface area contributed by atoms with Gasteiger partial charge >= 0.3 is 6.03 Å². The monoisotopic (exact) mass is 476 g/mol. The predicted molar refractivity (Wildman–Crippen MR) is 136 cm³/mol. The maximum absolute atomic E-state index is 13.3. The maximum atomic E-state index is 13.3. The number of halogens is 1. The first-order valence-corrected chi connectivity index (χ1v) is 11.4. The van der Waals surface area contributed by atoms with Gasteiger partial charge in [-0.2, -0.15) is 0 Å². The Hall–Kier alpha value is -3.35. The molecule has 6 nitrogen and oxygen atoms in total. The number of carbonyl (C=O) groups excluding carboxylic acids is 2. The van der Waals surface area contributed by atoms with Gasteiger partial charge in [-0.05, 0) is 42.2 Å². The number of rotatable bonds is 5. The minimum atomic E-state index is -0.404. The molecule has 0 saturated carbocycles. The van der Waals surface area contributed by atoms with Gasteiger partial charge in [0.2, 0.25) is 5.91 Å². The fraction of sp³-hybridized carbons (Fsp3) is 0.259. The van der Waals surface area contributed by atoms with E-state index in [1.807, 2.05) is 59.5 Å². The van der Waals surface area contributed by atoms with Gasteiger partial charge in [-0.15, -0.1) is 12.4 Å². The largest absolute Gasteiger partial charge is 0.366 e. The molecule has 2 heterocycles. The molecule has 3 amide bonds. The van der Waals surface area contributed by atoms with Crippen LogP contribution in [0.3, 0.4) is 0 Å². The average molecular weight is 477 g/mol. The zero-order valence-corrected chi connectivity index (χ0v) is 19.7. The number of piperidine rings is 1. The van der Waals surface area contributed by atoms with Crippen LogP contribution in [0.15, 0.2) is 78.9 Å². The van der Waals surface area contributed by atoms with E-state index in [0.717, 1.165) is 54.9 Å². The van der Waals surface area contributed by atoms with Crippen LogP contribution in [0.1, 0.15) is 45.9 Å². The molecule has 1 unspecified atom stereocenters. The normalized spacial score (nSPS) is 18.5. The van der Waals surface area contributed by atoms with E-state index < -0.39 is 5.91 Å². The number of hydrogen-bond donors (Lipinski definition) is 2. The lowest BCUT2D eigenvalue weighted by Gasteiger charge is -2.45. The van der Waals surface area contributed by atoms with E-state index in [1.54, 1.807) is 6.07 Å². The summed E-state index contributed by atoms with van der Waals surface area (Å²) < 4.78 is 0. The highest BCUT2D eigenvalue weighted by atomic mass is 35.5. The average Bonchev–Trinajstić information content (AvgIpc) is 2.84. The molecule has 3 aromatic rings. The van der Waals surface area contributed by atoms with Crippen LogP contribution < -0.4 is 11.1 Å². The second kappa shape index (κ2) is 10.3. The molecule has 2 aliphatic rings. The molecule has 0 radical (unpaired) electrons. The van der Waals surface area contributed by atoms with E-state index in [9.17, 15) is 9.59 Å². The SMILES string of the molecule is Cl.NC(=O)c1cccc(CN2CCC(N3C(=O)Nc4ccccc4C3c3ccccc3)CC2)c1. The molecule has 1 atom stereocenters. The smallest absolute Gasteiger partial charge is 0.322 e. The Balaban J connectivity index is 0.00000274. The maximum Gasteiger partial charge on any atom is 0.322 e. The number of fused-ring (bicyclic) bond motifs is 1. The molecule has 0 aromatic heterocycles. The molecule has 34 heavy (non-hydrogen) atoms. The van der Waals surface area contributed by atoms with Gasteiger partial charge in [0.1, 0.15) is 0 Å². The third-order valence-corrected chi connectivity index (χ3v) is 6.69. The van der Waals surface area contributed by atoms with E-state index in [0.29, 0.717) is 5.56 Å². The summed E-state index contributed by atoms with van der Waals surface area (Å²) in [4.78, 5) is 29.2. The fourth-order valence-corrected chi connectivity index (χ4v) is 5.09.